The van der Waals surface area contributed by atoms with Gasteiger partial charge in [-0.25, -0.2) is 0 Å². The molecule has 106 valence electrons. The van der Waals surface area contributed by atoms with Gasteiger partial charge in [0.05, 0.1) is 12.2 Å². The summed E-state index contributed by atoms with van der Waals surface area (Å²) in [7, 11) is 0. The van der Waals surface area contributed by atoms with Gasteiger partial charge >= 0.3 is 11.9 Å². The second-order valence-corrected chi connectivity index (χ2v) is 5.44. The molecule has 2 atom stereocenters. The Labute approximate surface area is 110 Å². The number of hydrogen-bond donors (Lipinski definition) is 0. The van der Waals surface area contributed by atoms with Crippen LogP contribution in [0.4, 0.5) is 0 Å². The van der Waals surface area contributed by atoms with Crippen molar-refractivity contribution < 1.29 is 19.1 Å². The molecule has 0 amide bonds. The summed E-state index contributed by atoms with van der Waals surface area (Å²) in [6.45, 7) is 11.2. The van der Waals surface area contributed by atoms with Gasteiger partial charge < -0.3 is 9.47 Å². The zero-order valence-corrected chi connectivity index (χ0v) is 12.4. The standard InChI is InChI=1S/C14H26O4/c1-9(2)17-13(15)7-11(5)12(6)8-14(16)18-10(3)4/h9-12H,7-8H2,1-6H3/t11-,12-/m0/s1. The summed E-state index contributed by atoms with van der Waals surface area (Å²) in [4.78, 5) is 23.0. The molecule has 0 radical (unpaired) electrons. The van der Waals surface area contributed by atoms with Gasteiger partial charge in [-0.15, -0.1) is 0 Å². The smallest absolute Gasteiger partial charge is 0.306 e. The molecule has 0 bridgehead atoms. The van der Waals surface area contributed by atoms with E-state index in [-0.39, 0.29) is 36.0 Å². The summed E-state index contributed by atoms with van der Waals surface area (Å²) in [5.74, 6) is -0.199. The second kappa shape index (κ2) is 8.11. The van der Waals surface area contributed by atoms with Crippen LogP contribution in [-0.4, -0.2) is 24.1 Å². The summed E-state index contributed by atoms with van der Waals surface area (Å²) in [6, 6.07) is 0. The van der Waals surface area contributed by atoms with Crippen LogP contribution in [0.25, 0.3) is 0 Å². The quantitative estimate of drug-likeness (QED) is 0.659. The lowest BCUT2D eigenvalue weighted by atomic mass is 9.90. The lowest BCUT2D eigenvalue weighted by Crippen LogP contribution is -2.21. The van der Waals surface area contributed by atoms with Crippen LogP contribution in [0.5, 0.6) is 0 Å². The predicted molar refractivity (Wildman–Crippen MR) is 70.0 cm³/mol. The fourth-order valence-electron chi connectivity index (χ4n) is 1.55. The van der Waals surface area contributed by atoms with E-state index >= 15 is 0 Å². The van der Waals surface area contributed by atoms with Gasteiger partial charge in [0.2, 0.25) is 0 Å². The molecule has 0 aliphatic carbocycles. The van der Waals surface area contributed by atoms with Crippen LogP contribution in [-0.2, 0) is 19.1 Å². The maximum absolute atomic E-state index is 11.5. The molecular formula is C14H26O4. The molecule has 0 aromatic carbocycles. The lowest BCUT2D eigenvalue weighted by molar-refractivity contribution is -0.152. The number of carbonyl (C=O) groups is 2. The molecule has 0 heterocycles. The largest absolute Gasteiger partial charge is 0.463 e. The van der Waals surface area contributed by atoms with Gasteiger partial charge in [0, 0.05) is 12.8 Å². The van der Waals surface area contributed by atoms with Gasteiger partial charge in [0.1, 0.15) is 0 Å². The van der Waals surface area contributed by atoms with Crippen molar-refractivity contribution in [3.63, 3.8) is 0 Å². The van der Waals surface area contributed by atoms with E-state index in [1.54, 1.807) is 0 Å². The molecule has 0 saturated carbocycles. The van der Waals surface area contributed by atoms with Crippen LogP contribution in [0.15, 0.2) is 0 Å². The zero-order chi connectivity index (χ0) is 14.3. The van der Waals surface area contributed by atoms with Crippen LogP contribution >= 0.6 is 0 Å². The highest BCUT2D eigenvalue weighted by atomic mass is 16.5. The van der Waals surface area contributed by atoms with E-state index in [1.165, 1.54) is 0 Å². The van der Waals surface area contributed by atoms with Crippen molar-refractivity contribution in [3.05, 3.63) is 0 Å². The molecule has 0 spiro atoms. The second-order valence-electron chi connectivity index (χ2n) is 5.44. The Kier molecular flexibility index (Phi) is 7.64. The maximum atomic E-state index is 11.5. The number of hydrogen-bond acceptors (Lipinski definition) is 4. The van der Waals surface area contributed by atoms with Crippen molar-refractivity contribution in [1.82, 2.24) is 0 Å². The molecular weight excluding hydrogens is 232 g/mol. The molecule has 18 heavy (non-hydrogen) atoms. The van der Waals surface area contributed by atoms with Crippen molar-refractivity contribution in [2.45, 2.75) is 66.6 Å². The van der Waals surface area contributed by atoms with Crippen LogP contribution in [0.2, 0.25) is 0 Å². The number of esters is 2. The van der Waals surface area contributed by atoms with E-state index in [0.717, 1.165) is 0 Å². The molecule has 0 unspecified atom stereocenters. The number of ether oxygens (including phenoxy) is 2. The highest BCUT2D eigenvalue weighted by Gasteiger charge is 2.21. The van der Waals surface area contributed by atoms with Gasteiger partial charge in [-0.2, -0.15) is 0 Å². The summed E-state index contributed by atoms with van der Waals surface area (Å²) < 4.78 is 10.2. The van der Waals surface area contributed by atoms with E-state index in [1.807, 2.05) is 41.5 Å². The molecule has 0 aromatic rings. The maximum Gasteiger partial charge on any atom is 0.306 e. The normalized spacial score (nSPS) is 14.4. The fourth-order valence-corrected chi connectivity index (χ4v) is 1.55. The van der Waals surface area contributed by atoms with Gasteiger partial charge in [0.15, 0.2) is 0 Å². The molecule has 0 aliphatic rings. The third-order valence-electron chi connectivity index (χ3n) is 2.68. The van der Waals surface area contributed by atoms with E-state index in [4.69, 9.17) is 9.47 Å². The van der Waals surface area contributed by atoms with Crippen LogP contribution in [0.3, 0.4) is 0 Å². The van der Waals surface area contributed by atoms with Gasteiger partial charge in [-0.3, -0.25) is 9.59 Å². The first-order valence-electron chi connectivity index (χ1n) is 6.61. The molecule has 0 aromatic heterocycles. The monoisotopic (exact) mass is 258 g/mol. The van der Waals surface area contributed by atoms with Crippen molar-refractivity contribution >= 4 is 11.9 Å². The minimum absolute atomic E-state index is 0.0917. The van der Waals surface area contributed by atoms with Crippen molar-refractivity contribution in [2.24, 2.45) is 11.8 Å². The van der Waals surface area contributed by atoms with Gasteiger partial charge in [-0.1, -0.05) is 13.8 Å². The molecule has 0 aliphatic heterocycles. The van der Waals surface area contributed by atoms with Crippen LogP contribution in [0, 0.1) is 11.8 Å². The Balaban J connectivity index is 4.06. The van der Waals surface area contributed by atoms with E-state index in [9.17, 15) is 9.59 Å². The third-order valence-corrected chi connectivity index (χ3v) is 2.68. The minimum Gasteiger partial charge on any atom is -0.463 e. The summed E-state index contributed by atoms with van der Waals surface area (Å²) in [5, 5.41) is 0. The predicted octanol–water partition coefficient (Wildman–Crippen LogP) is 2.94. The first-order valence-corrected chi connectivity index (χ1v) is 6.61. The third kappa shape index (κ3) is 8.09. The first kappa shape index (κ1) is 16.9. The van der Waals surface area contributed by atoms with Gasteiger partial charge in [0.25, 0.3) is 0 Å². The topological polar surface area (TPSA) is 52.6 Å². The van der Waals surface area contributed by atoms with Crippen LogP contribution in [0.1, 0.15) is 54.4 Å². The molecule has 0 saturated heterocycles. The van der Waals surface area contributed by atoms with E-state index in [0.29, 0.717) is 12.8 Å². The minimum atomic E-state index is -0.207. The lowest BCUT2D eigenvalue weighted by Gasteiger charge is -2.19. The number of carbonyl (C=O) groups excluding carboxylic acids is 2. The Hall–Kier alpha value is -1.06. The Bertz CT molecular complexity index is 243. The summed E-state index contributed by atoms with van der Waals surface area (Å²) in [6.07, 6.45) is 0.500. The summed E-state index contributed by atoms with van der Waals surface area (Å²) in [5.41, 5.74) is 0. The Morgan fingerprint density at radius 1 is 0.722 bits per heavy atom. The van der Waals surface area contributed by atoms with Gasteiger partial charge in [-0.05, 0) is 39.5 Å². The average molecular weight is 258 g/mol. The van der Waals surface area contributed by atoms with Crippen molar-refractivity contribution in [3.8, 4) is 0 Å². The summed E-state index contributed by atoms with van der Waals surface area (Å²) >= 11 is 0. The SMILES string of the molecule is CC(C)OC(=O)C[C@H](C)[C@@H](C)CC(=O)OC(C)C. The van der Waals surface area contributed by atoms with E-state index in [2.05, 4.69) is 0 Å². The zero-order valence-electron chi connectivity index (χ0n) is 12.4. The highest BCUT2D eigenvalue weighted by molar-refractivity contribution is 5.71. The molecule has 0 N–H and O–H groups in total. The van der Waals surface area contributed by atoms with Crippen molar-refractivity contribution in [1.29, 1.82) is 0 Å². The molecule has 4 heteroatoms. The molecule has 0 rings (SSSR count). The Morgan fingerprint density at radius 2 is 1.00 bits per heavy atom. The van der Waals surface area contributed by atoms with E-state index < -0.39 is 0 Å². The van der Waals surface area contributed by atoms with Crippen LogP contribution < -0.4 is 0 Å². The molecule has 4 nitrogen and oxygen atoms in total. The fraction of sp³-hybridized carbons (Fsp3) is 0.857. The highest BCUT2D eigenvalue weighted by Crippen LogP contribution is 2.20. The van der Waals surface area contributed by atoms with Crippen molar-refractivity contribution in [2.75, 3.05) is 0 Å². The Morgan fingerprint density at radius 3 is 1.22 bits per heavy atom. The first-order chi connectivity index (χ1) is 8.22. The molecule has 0 fully saturated rings. The average Bonchev–Trinajstić information content (AvgIpc) is 2.13. The number of rotatable bonds is 7.